The van der Waals surface area contributed by atoms with Gasteiger partial charge in [0.1, 0.15) is 0 Å². The maximum atomic E-state index is 4.75. The van der Waals surface area contributed by atoms with Crippen LogP contribution in [0.15, 0.2) is 10.4 Å². The van der Waals surface area contributed by atoms with Gasteiger partial charge in [-0.2, -0.15) is 0 Å². The lowest BCUT2D eigenvalue weighted by molar-refractivity contribution is 0.549. The molecule has 1 aliphatic heterocycles. The number of aliphatic imine (C=N–C) groups is 1. The van der Waals surface area contributed by atoms with Gasteiger partial charge in [-0.3, -0.25) is 4.99 Å². The highest BCUT2D eigenvalue weighted by Crippen LogP contribution is 2.24. The van der Waals surface area contributed by atoms with E-state index in [4.69, 9.17) is 4.98 Å². The van der Waals surface area contributed by atoms with Crippen molar-refractivity contribution in [1.29, 1.82) is 0 Å². The average Bonchev–Trinajstić information content (AvgIpc) is 3.20. The zero-order chi connectivity index (χ0) is 16.5. The minimum absolute atomic E-state index is 0. The minimum atomic E-state index is 0. The Balaban J connectivity index is 0.00000288. The predicted molar refractivity (Wildman–Crippen MR) is 116 cm³/mol. The van der Waals surface area contributed by atoms with Crippen LogP contribution in [0, 0.1) is 5.92 Å². The van der Waals surface area contributed by atoms with Gasteiger partial charge in [0.2, 0.25) is 0 Å². The van der Waals surface area contributed by atoms with Gasteiger partial charge < -0.3 is 15.5 Å². The summed E-state index contributed by atoms with van der Waals surface area (Å²) < 4.78 is 0. The normalized spacial score (nSPS) is 14.8. The second-order valence-electron chi connectivity index (χ2n) is 6.53. The first kappa shape index (κ1) is 21.5. The van der Waals surface area contributed by atoms with E-state index in [0.717, 1.165) is 44.5 Å². The lowest BCUT2D eigenvalue weighted by Gasteiger charge is -2.13. The van der Waals surface area contributed by atoms with Crippen LogP contribution >= 0.6 is 35.3 Å². The number of hydrogen-bond donors (Lipinski definition) is 2. The zero-order valence-corrected chi connectivity index (χ0v) is 18.3. The topological polar surface area (TPSA) is 52.6 Å². The van der Waals surface area contributed by atoms with Crippen LogP contribution in [0.2, 0.25) is 0 Å². The highest BCUT2D eigenvalue weighted by atomic mass is 127. The summed E-state index contributed by atoms with van der Waals surface area (Å²) in [6.07, 6.45) is 5.98. The molecule has 0 unspecified atom stereocenters. The monoisotopic (exact) mass is 465 g/mol. The summed E-state index contributed by atoms with van der Waals surface area (Å²) >= 11 is 1.77. The van der Waals surface area contributed by atoms with Crippen molar-refractivity contribution in [2.24, 2.45) is 10.9 Å². The second-order valence-corrected chi connectivity index (χ2v) is 7.36. The Morgan fingerprint density at radius 1 is 1.29 bits per heavy atom. The standard InChI is InChI=1S/C17H31N5S.HI/c1-14(2)7-6-9-19-16(18-3)20-10-8-15-13-23-17(21-15)22-11-4-5-12-22;/h13-14H,4-12H2,1-3H3,(H2,18,19,20);1H. The molecule has 0 aromatic carbocycles. The molecule has 1 saturated heterocycles. The van der Waals surface area contributed by atoms with Crippen LogP contribution in [0.5, 0.6) is 0 Å². The Bertz CT molecular complexity index is 483. The van der Waals surface area contributed by atoms with Crippen molar-refractivity contribution in [3.8, 4) is 0 Å². The molecule has 7 heteroatoms. The lowest BCUT2D eigenvalue weighted by Crippen LogP contribution is -2.38. The van der Waals surface area contributed by atoms with E-state index in [2.05, 4.69) is 39.8 Å². The molecule has 0 radical (unpaired) electrons. The number of anilines is 1. The highest BCUT2D eigenvalue weighted by Gasteiger charge is 2.15. The summed E-state index contributed by atoms with van der Waals surface area (Å²) in [5, 5.41) is 10.1. The molecular formula is C17H32IN5S. The van der Waals surface area contributed by atoms with Gasteiger partial charge in [0.25, 0.3) is 0 Å². The molecule has 0 spiro atoms. The highest BCUT2D eigenvalue weighted by molar-refractivity contribution is 14.0. The predicted octanol–water partition coefficient (Wildman–Crippen LogP) is 3.51. The van der Waals surface area contributed by atoms with Crippen molar-refractivity contribution in [2.75, 3.05) is 38.1 Å². The first-order chi connectivity index (χ1) is 11.2. The fraction of sp³-hybridized carbons (Fsp3) is 0.765. The summed E-state index contributed by atoms with van der Waals surface area (Å²) in [6.45, 7) is 8.70. The molecule has 138 valence electrons. The second kappa shape index (κ2) is 11.9. The molecule has 0 saturated carbocycles. The van der Waals surface area contributed by atoms with Crippen LogP contribution in [0.25, 0.3) is 0 Å². The SMILES string of the molecule is CN=C(NCCCC(C)C)NCCc1csc(N2CCCC2)n1.I. The summed E-state index contributed by atoms with van der Waals surface area (Å²) in [5.74, 6) is 1.66. The van der Waals surface area contributed by atoms with Crippen molar-refractivity contribution >= 4 is 46.4 Å². The molecule has 1 aromatic rings. The van der Waals surface area contributed by atoms with Gasteiger partial charge in [0.05, 0.1) is 5.69 Å². The summed E-state index contributed by atoms with van der Waals surface area (Å²) in [5.41, 5.74) is 1.18. The summed E-state index contributed by atoms with van der Waals surface area (Å²) in [7, 11) is 1.83. The lowest BCUT2D eigenvalue weighted by atomic mass is 10.1. The number of halogens is 1. The first-order valence-electron chi connectivity index (χ1n) is 8.83. The maximum Gasteiger partial charge on any atom is 0.190 e. The van der Waals surface area contributed by atoms with E-state index in [-0.39, 0.29) is 24.0 Å². The largest absolute Gasteiger partial charge is 0.356 e. The fourth-order valence-electron chi connectivity index (χ4n) is 2.71. The number of rotatable bonds is 8. The van der Waals surface area contributed by atoms with Gasteiger partial charge in [0, 0.05) is 45.0 Å². The fourth-order valence-corrected chi connectivity index (χ4v) is 3.63. The van der Waals surface area contributed by atoms with Crippen molar-refractivity contribution in [3.63, 3.8) is 0 Å². The number of guanidine groups is 1. The number of nitrogens with one attached hydrogen (secondary N) is 2. The number of aromatic nitrogens is 1. The van der Waals surface area contributed by atoms with Crippen LogP contribution < -0.4 is 15.5 Å². The molecule has 0 bridgehead atoms. The van der Waals surface area contributed by atoms with E-state index in [0.29, 0.717) is 0 Å². The minimum Gasteiger partial charge on any atom is -0.356 e. The van der Waals surface area contributed by atoms with E-state index >= 15 is 0 Å². The van der Waals surface area contributed by atoms with E-state index < -0.39 is 0 Å². The molecule has 0 aliphatic carbocycles. The maximum absolute atomic E-state index is 4.75. The van der Waals surface area contributed by atoms with Gasteiger partial charge >= 0.3 is 0 Å². The molecule has 0 atom stereocenters. The molecule has 2 rings (SSSR count). The Labute approximate surface area is 167 Å². The third kappa shape index (κ3) is 7.55. The third-order valence-corrected chi connectivity index (χ3v) is 5.01. The molecule has 5 nitrogen and oxygen atoms in total. The van der Waals surface area contributed by atoms with Gasteiger partial charge in [-0.1, -0.05) is 13.8 Å². The summed E-state index contributed by atoms with van der Waals surface area (Å²) in [6, 6.07) is 0. The van der Waals surface area contributed by atoms with Crippen LogP contribution in [-0.2, 0) is 6.42 Å². The van der Waals surface area contributed by atoms with Crippen molar-refractivity contribution in [2.45, 2.75) is 46.0 Å². The molecule has 2 N–H and O–H groups in total. The van der Waals surface area contributed by atoms with E-state index in [9.17, 15) is 0 Å². The summed E-state index contributed by atoms with van der Waals surface area (Å²) in [4.78, 5) is 11.4. The molecule has 2 heterocycles. The molecule has 1 aromatic heterocycles. The Hall–Kier alpha value is -0.570. The van der Waals surface area contributed by atoms with Crippen molar-refractivity contribution < 1.29 is 0 Å². The van der Waals surface area contributed by atoms with E-state index in [1.807, 2.05) is 7.05 Å². The quantitative estimate of drug-likeness (QED) is 0.267. The molecule has 0 amide bonds. The van der Waals surface area contributed by atoms with Gasteiger partial charge in [-0.25, -0.2) is 4.98 Å². The van der Waals surface area contributed by atoms with Crippen molar-refractivity contribution in [3.05, 3.63) is 11.1 Å². The van der Waals surface area contributed by atoms with E-state index in [1.54, 1.807) is 11.3 Å². The Kier molecular flexibility index (Phi) is 10.6. The van der Waals surface area contributed by atoms with Gasteiger partial charge in [-0.05, 0) is 31.6 Å². The average molecular weight is 465 g/mol. The van der Waals surface area contributed by atoms with Crippen LogP contribution in [0.3, 0.4) is 0 Å². The Morgan fingerprint density at radius 3 is 2.67 bits per heavy atom. The Morgan fingerprint density at radius 2 is 2.00 bits per heavy atom. The first-order valence-corrected chi connectivity index (χ1v) is 9.71. The van der Waals surface area contributed by atoms with Gasteiger partial charge in [-0.15, -0.1) is 35.3 Å². The molecule has 1 aliphatic rings. The van der Waals surface area contributed by atoms with E-state index in [1.165, 1.54) is 36.5 Å². The number of thiazole rings is 1. The van der Waals surface area contributed by atoms with Crippen LogP contribution in [-0.4, -0.2) is 44.2 Å². The molecular weight excluding hydrogens is 433 g/mol. The van der Waals surface area contributed by atoms with Crippen molar-refractivity contribution in [1.82, 2.24) is 15.6 Å². The molecule has 1 fully saturated rings. The van der Waals surface area contributed by atoms with Crippen LogP contribution in [0.1, 0.15) is 45.2 Å². The molecule has 24 heavy (non-hydrogen) atoms. The number of hydrogen-bond acceptors (Lipinski definition) is 4. The van der Waals surface area contributed by atoms with Gasteiger partial charge in [0.15, 0.2) is 11.1 Å². The number of nitrogens with zero attached hydrogens (tertiary/aromatic N) is 3. The van der Waals surface area contributed by atoms with Crippen LogP contribution in [0.4, 0.5) is 5.13 Å². The smallest absolute Gasteiger partial charge is 0.190 e. The zero-order valence-electron chi connectivity index (χ0n) is 15.2. The third-order valence-electron chi connectivity index (χ3n) is 4.06.